The summed E-state index contributed by atoms with van der Waals surface area (Å²) in [5.41, 5.74) is 2.00. The minimum atomic E-state index is -0.791. The van der Waals surface area contributed by atoms with Crippen molar-refractivity contribution in [1.29, 1.82) is 0 Å². The monoisotopic (exact) mass is 430 g/mol. The molecule has 6 nitrogen and oxygen atoms in total. The molecule has 0 unspecified atom stereocenters. The molecule has 7 heteroatoms. The second kappa shape index (κ2) is 9.64. The third-order valence-corrected chi connectivity index (χ3v) is 6.08. The van der Waals surface area contributed by atoms with Crippen molar-refractivity contribution in [2.24, 2.45) is 0 Å². The zero-order valence-corrected chi connectivity index (χ0v) is 18.5. The first kappa shape index (κ1) is 22.3. The van der Waals surface area contributed by atoms with Crippen molar-refractivity contribution in [3.05, 3.63) is 63.3 Å². The van der Waals surface area contributed by atoms with Crippen LogP contribution < -0.4 is 14.9 Å². The highest BCUT2D eigenvalue weighted by Crippen LogP contribution is 2.27. The van der Waals surface area contributed by atoms with Crippen molar-refractivity contribution in [3.8, 4) is 5.75 Å². The van der Waals surface area contributed by atoms with Gasteiger partial charge in [-0.25, -0.2) is 0 Å². The van der Waals surface area contributed by atoms with Gasteiger partial charge < -0.3 is 20.4 Å². The maximum atomic E-state index is 11.8. The van der Waals surface area contributed by atoms with E-state index in [0.29, 0.717) is 27.1 Å². The Morgan fingerprint density at radius 3 is 2.63 bits per heavy atom. The maximum Gasteiger partial charge on any atom is 0.340 e. The summed E-state index contributed by atoms with van der Waals surface area (Å²) in [6.45, 7) is 7.40. The molecule has 0 bridgehead atoms. The zero-order valence-electron chi connectivity index (χ0n) is 17.7. The van der Waals surface area contributed by atoms with Gasteiger partial charge in [0.05, 0.1) is 17.4 Å². The molecule has 1 aromatic heterocycles. The average molecular weight is 431 g/mol. The van der Waals surface area contributed by atoms with Gasteiger partial charge in [-0.3, -0.25) is 4.79 Å². The van der Waals surface area contributed by atoms with E-state index in [1.165, 1.54) is 5.56 Å². The number of aromatic nitrogens is 1. The fourth-order valence-corrected chi connectivity index (χ4v) is 4.35. The SMILES string of the molecule is CCCCOc1ccc(CC(C)(C)NC[C@H](O)c2cccc3c2sc(=O)n3O)cc1. The number of hydrogen-bond acceptors (Lipinski definition) is 6. The molecule has 30 heavy (non-hydrogen) atoms. The first-order valence-corrected chi connectivity index (χ1v) is 11.1. The highest BCUT2D eigenvalue weighted by molar-refractivity contribution is 7.16. The Kier molecular flexibility index (Phi) is 7.18. The van der Waals surface area contributed by atoms with E-state index >= 15 is 0 Å². The summed E-state index contributed by atoms with van der Waals surface area (Å²) in [5, 5.41) is 24.0. The Labute approximate surface area is 180 Å². The summed E-state index contributed by atoms with van der Waals surface area (Å²) in [4.78, 5) is 11.3. The van der Waals surface area contributed by atoms with E-state index in [4.69, 9.17) is 4.74 Å². The lowest BCUT2D eigenvalue weighted by Gasteiger charge is -2.28. The Morgan fingerprint density at radius 1 is 1.20 bits per heavy atom. The second-order valence-corrected chi connectivity index (χ2v) is 9.14. The molecule has 3 rings (SSSR count). The first-order valence-electron chi connectivity index (χ1n) is 10.3. The molecule has 0 aliphatic carbocycles. The second-order valence-electron chi connectivity index (χ2n) is 8.18. The number of rotatable bonds is 10. The molecule has 162 valence electrons. The van der Waals surface area contributed by atoms with Crippen LogP contribution in [0.25, 0.3) is 10.2 Å². The topological polar surface area (TPSA) is 83.7 Å². The van der Waals surface area contributed by atoms with Gasteiger partial charge in [-0.2, -0.15) is 0 Å². The lowest BCUT2D eigenvalue weighted by atomic mass is 9.94. The van der Waals surface area contributed by atoms with Gasteiger partial charge in [0.2, 0.25) is 0 Å². The number of aliphatic hydroxyl groups excluding tert-OH is 1. The summed E-state index contributed by atoms with van der Waals surface area (Å²) in [5.74, 6) is 0.885. The summed E-state index contributed by atoms with van der Waals surface area (Å²) >= 11 is 0.936. The molecule has 1 heterocycles. The standard InChI is InChI=1S/C23H30N2O4S/c1-4-5-13-29-17-11-9-16(10-12-17)14-23(2,3)24-15-20(26)18-7-6-8-19-21(18)30-22(27)25(19)28/h6-12,20,24,26,28H,4-5,13-15H2,1-3H3/t20-/m0/s1. The van der Waals surface area contributed by atoms with Crippen molar-refractivity contribution in [3.63, 3.8) is 0 Å². The predicted molar refractivity (Wildman–Crippen MR) is 121 cm³/mol. The van der Waals surface area contributed by atoms with Gasteiger partial charge in [0, 0.05) is 17.6 Å². The molecule has 0 fully saturated rings. The number of thiazole rings is 1. The van der Waals surface area contributed by atoms with Crippen LogP contribution in [0.1, 0.15) is 50.8 Å². The number of unbranched alkanes of at least 4 members (excludes halogenated alkanes) is 1. The molecule has 0 aliphatic heterocycles. The van der Waals surface area contributed by atoms with E-state index in [-0.39, 0.29) is 5.54 Å². The van der Waals surface area contributed by atoms with Crippen molar-refractivity contribution in [1.82, 2.24) is 10.0 Å². The average Bonchev–Trinajstić information content (AvgIpc) is 3.01. The fourth-order valence-electron chi connectivity index (χ4n) is 3.41. The number of nitrogens with one attached hydrogen (secondary N) is 1. The Bertz CT molecular complexity index is 1020. The number of ether oxygens (including phenoxy) is 1. The number of hydrogen-bond donors (Lipinski definition) is 3. The Morgan fingerprint density at radius 2 is 1.93 bits per heavy atom. The van der Waals surface area contributed by atoms with Crippen LogP contribution >= 0.6 is 11.3 Å². The first-order chi connectivity index (χ1) is 14.3. The number of benzene rings is 2. The van der Waals surface area contributed by atoms with Crippen molar-refractivity contribution in [2.75, 3.05) is 13.2 Å². The molecular weight excluding hydrogens is 400 g/mol. The number of aliphatic hydroxyl groups is 1. The van der Waals surface area contributed by atoms with E-state index in [9.17, 15) is 15.1 Å². The number of fused-ring (bicyclic) bond motifs is 1. The molecule has 2 aromatic carbocycles. The Balaban J connectivity index is 1.61. The molecule has 0 amide bonds. The molecule has 0 saturated heterocycles. The highest BCUT2D eigenvalue weighted by Gasteiger charge is 2.22. The lowest BCUT2D eigenvalue weighted by Crippen LogP contribution is -2.43. The van der Waals surface area contributed by atoms with Crippen molar-refractivity contribution >= 4 is 21.6 Å². The van der Waals surface area contributed by atoms with Gasteiger partial charge in [-0.1, -0.05) is 48.9 Å². The van der Waals surface area contributed by atoms with Crippen LogP contribution in [-0.2, 0) is 6.42 Å². The molecule has 3 N–H and O–H groups in total. The third-order valence-electron chi connectivity index (χ3n) is 5.08. The largest absolute Gasteiger partial charge is 0.494 e. The normalized spacial score (nSPS) is 12.9. The van der Waals surface area contributed by atoms with Crippen LogP contribution in [0, 0.1) is 0 Å². The van der Waals surface area contributed by atoms with Gasteiger partial charge >= 0.3 is 4.87 Å². The Hall–Kier alpha value is -2.35. The van der Waals surface area contributed by atoms with Gasteiger partial charge in [-0.15, -0.1) is 4.73 Å². The van der Waals surface area contributed by atoms with Crippen LogP contribution in [0.3, 0.4) is 0 Å². The van der Waals surface area contributed by atoms with Crippen LogP contribution in [0.2, 0.25) is 0 Å². The van der Waals surface area contributed by atoms with E-state index in [1.54, 1.807) is 18.2 Å². The summed E-state index contributed by atoms with van der Waals surface area (Å²) in [7, 11) is 0. The third kappa shape index (κ3) is 5.41. The summed E-state index contributed by atoms with van der Waals surface area (Å²) in [6.07, 6.45) is 2.16. The van der Waals surface area contributed by atoms with Crippen molar-refractivity contribution in [2.45, 2.75) is 51.7 Å². The quantitative estimate of drug-likeness (QED) is 0.333. The highest BCUT2D eigenvalue weighted by atomic mass is 32.1. The van der Waals surface area contributed by atoms with Crippen LogP contribution in [0.5, 0.6) is 5.75 Å². The van der Waals surface area contributed by atoms with E-state index < -0.39 is 11.0 Å². The molecule has 0 saturated carbocycles. The van der Waals surface area contributed by atoms with E-state index in [0.717, 1.165) is 43.0 Å². The lowest BCUT2D eigenvalue weighted by molar-refractivity contribution is 0.162. The van der Waals surface area contributed by atoms with Crippen molar-refractivity contribution < 1.29 is 15.1 Å². The molecular formula is C23H30N2O4S. The molecule has 0 spiro atoms. The van der Waals surface area contributed by atoms with Crippen LogP contribution in [-0.4, -0.2) is 33.7 Å². The van der Waals surface area contributed by atoms with E-state index in [2.05, 4.69) is 38.2 Å². The molecule has 0 radical (unpaired) electrons. The van der Waals surface area contributed by atoms with Gasteiger partial charge in [0.25, 0.3) is 0 Å². The summed E-state index contributed by atoms with van der Waals surface area (Å²) < 4.78 is 6.95. The van der Waals surface area contributed by atoms with Gasteiger partial charge in [0.15, 0.2) is 0 Å². The maximum absolute atomic E-state index is 11.8. The summed E-state index contributed by atoms with van der Waals surface area (Å²) in [6, 6.07) is 13.3. The molecule has 0 aliphatic rings. The molecule has 1 atom stereocenters. The number of nitrogens with zero attached hydrogens (tertiary/aromatic N) is 1. The zero-order chi connectivity index (χ0) is 21.7. The fraction of sp³-hybridized carbons (Fsp3) is 0.435. The minimum Gasteiger partial charge on any atom is -0.494 e. The van der Waals surface area contributed by atoms with Gasteiger partial charge in [0.1, 0.15) is 11.3 Å². The van der Waals surface area contributed by atoms with Crippen LogP contribution in [0.15, 0.2) is 47.3 Å². The minimum absolute atomic E-state index is 0.241. The smallest absolute Gasteiger partial charge is 0.340 e. The number of β-amino-alcohol motifs (C(OH)–C–C–N with tert-alkyl or cyclic N) is 1. The van der Waals surface area contributed by atoms with Crippen LogP contribution in [0.4, 0.5) is 0 Å². The van der Waals surface area contributed by atoms with E-state index in [1.807, 2.05) is 12.1 Å². The van der Waals surface area contributed by atoms with Gasteiger partial charge in [-0.05, 0) is 50.5 Å². The predicted octanol–water partition coefficient (Wildman–Crippen LogP) is 4.12. The molecule has 3 aromatic rings.